The molecule has 0 amide bonds. The SMILES string of the molecule is CC1(C)C2=C(Sc3cccc4c3B2c2ccccc2N4C2=CCCC=C2)C(c2ccccc2)=C1c1ccccc1. The summed E-state index contributed by atoms with van der Waals surface area (Å²) >= 11 is 1.98. The van der Waals surface area contributed by atoms with Gasteiger partial charge in [-0.3, -0.25) is 0 Å². The summed E-state index contributed by atoms with van der Waals surface area (Å²) < 4.78 is 0. The van der Waals surface area contributed by atoms with E-state index in [4.69, 9.17) is 0 Å². The van der Waals surface area contributed by atoms with Crippen LogP contribution in [0.3, 0.4) is 0 Å². The van der Waals surface area contributed by atoms with Crippen LogP contribution >= 0.6 is 11.8 Å². The number of benzene rings is 4. The molecule has 4 aliphatic rings. The first-order valence-corrected chi connectivity index (χ1v) is 15.1. The molecule has 0 spiro atoms. The van der Waals surface area contributed by atoms with Crippen LogP contribution in [0.1, 0.15) is 37.8 Å². The van der Waals surface area contributed by atoms with Gasteiger partial charge in [-0.15, -0.1) is 0 Å². The largest absolute Gasteiger partial charge is 0.312 e. The molecule has 0 radical (unpaired) electrons. The van der Waals surface area contributed by atoms with E-state index in [-0.39, 0.29) is 12.1 Å². The van der Waals surface area contributed by atoms with Crippen LogP contribution in [-0.4, -0.2) is 6.71 Å². The van der Waals surface area contributed by atoms with Crippen molar-refractivity contribution in [3.63, 3.8) is 0 Å². The van der Waals surface area contributed by atoms with E-state index in [0.717, 1.165) is 12.8 Å². The lowest BCUT2D eigenvalue weighted by molar-refractivity contribution is 0.640. The van der Waals surface area contributed by atoms with E-state index in [1.807, 2.05) is 11.8 Å². The molecule has 0 saturated heterocycles. The normalized spacial score (nSPS) is 18.4. The fraction of sp³-hybridized carbons (Fsp3) is 0.135. The van der Waals surface area contributed by atoms with Crippen LogP contribution in [0, 0.1) is 5.41 Å². The van der Waals surface area contributed by atoms with Gasteiger partial charge in [0.1, 0.15) is 0 Å². The summed E-state index contributed by atoms with van der Waals surface area (Å²) in [5.74, 6) is 0. The number of rotatable bonds is 3. The van der Waals surface area contributed by atoms with Crippen molar-refractivity contribution in [2.75, 3.05) is 4.90 Å². The first-order chi connectivity index (χ1) is 19.6. The minimum atomic E-state index is -0.149. The maximum Gasteiger partial charge on any atom is 0.246 e. The van der Waals surface area contributed by atoms with Crippen molar-refractivity contribution in [3.05, 3.63) is 149 Å². The minimum absolute atomic E-state index is 0.149. The zero-order valence-electron chi connectivity index (χ0n) is 22.9. The Labute approximate surface area is 241 Å². The number of thioether (sulfide) groups is 1. The summed E-state index contributed by atoms with van der Waals surface area (Å²) in [6, 6.07) is 38.2. The molecule has 0 N–H and O–H groups in total. The zero-order chi connectivity index (χ0) is 26.8. The number of anilines is 2. The van der Waals surface area contributed by atoms with E-state index < -0.39 is 0 Å². The molecule has 192 valence electrons. The number of hydrogen-bond acceptors (Lipinski definition) is 2. The highest BCUT2D eigenvalue weighted by Gasteiger charge is 2.52. The lowest BCUT2D eigenvalue weighted by atomic mass is 9.31. The Kier molecular flexibility index (Phi) is 5.40. The Morgan fingerprint density at radius 2 is 1.43 bits per heavy atom. The van der Waals surface area contributed by atoms with E-state index in [0.29, 0.717) is 0 Å². The molecule has 0 atom stereocenters. The first kappa shape index (κ1) is 23.9. The van der Waals surface area contributed by atoms with Gasteiger partial charge in [-0.25, -0.2) is 0 Å². The third-order valence-electron chi connectivity index (χ3n) is 8.94. The van der Waals surface area contributed by atoms with Gasteiger partial charge in [0.25, 0.3) is 0 Å². The smallest absolute Gasteiger partial charge is 0.246 e. The number of hydrogen-bond donors (Lipinski definition) is 0. The quantitative estimate of drug-likeness (QED) is 0.244. The van der Waals surface area contributed by atoms with Crippen molar-refractivity contribution in [3.8, 4) is 0 Å². The Bertz CT molecular complexity index is 1790. The Balaban J connectivity index is 1.42. The van der Waals surface area contributed by atoms with Crippen LogP contribution < -0.4 is 15.8 Å². The molecule has 1 nitrogen and oxygen atoms in total. The van der Waals surface area contributed by atoms with Gasteiger partial charge in [0.05, 0.1) is 0 Å². The van der Waals surface area contributed by atoms with Crippen molar-refractivity contribution in [2.24, 2.45) is 5.41 Å². The maximum absolute atomic E-state index is 2.51. The van der Waals surface area contributed by atoms with Crippen LogP contribution in [-0.2, 0) is 0 Å². The predicted molar refractivity (Wildman–Crippen MR) is 173 cm³/mol. The van der Waals surface area contributed by atoms with E-state index in [1.165, 1.54) is 65.5 Å². The average molecular weight is 532 g/mol. The zero-order valence-corrected chi connectivity index (χ0v) is 23.7. The van der Waals surface area contributed by atoms with Crippen LogP contribution in [0.2, 0.25) is 0 Å². The van der Waals surface area contributed by atoms with E-state index in [1.54, 1.807) is 0 Å². The highest BCUT2D eigenvalue weighted by molar-refractivity contribution is 8.04. The van der Waals surface area contributed by atoms with Crippen molar-refractivity contribution in [1.82, 2.24) is 0 Å². The molecule has 0 fully saturated rings. The lowest BCUT2D eigenvalue weighted by Gasteiger charge is -2.43. The molecular formula is C37H30BNS. The second-order valence-corrected chi connectivity index (χ2v) is 12.6. The molecule has 8 rings (SSSR count). The Morgan fingerprint density at radius 3 is 2.17 bits per heavy atom. The summed E-state index contributed by atoms with van der Waals surface area (Å²) in [6.07, 6.45) is 9.23. The van der Waals surface area contributed by atoms with Crippen molar-refractivity contribution in [1.29, 1.82) is 0 Å². The van der Waals surface area contributed by atoms with Crippen LogP contribution in [0.15, 0.2) is 142 Å². The second-order valence-electron chi connectivity index (χ2n) is 11.6. The molecular weight excluding hydrogens is 501 g/mol. The van der Waals surface area contributed by atoms with Gasteiger partial charge < -0.3 is 4.90 Å². The molecule has 4 aromatic carbocycles. The first-order valence-electron chi connectivity index (χ1n) is 14.3. The molecule has 0 aromatic heterocycles. The molecule has 2 aliphatic carbocycles. The van der Waals surface area contributed by atoms with E-state index in [9.17, 15) is 0 Å². The van der Waals surface area contributed by atoms with Gasteiger partial charge in [-0.2, -0.15) is 0 Å². The molecule has 40 heavy (non-hydrogen) atoms. The summed E-state index contributed by atoms with van der Waals surface area (Å²) in [7, 11) is 0. The Morgan fingerprint density at radius 1 is 0.725 bits per heavy atom. The molecule has 3 heteroatoms. The van der Waals surface area contributed by atoms with Crippen LogP contribution in [0.4, 0.5) is 11.4 Å². The van der Waals surface area contributed by atoms with E-state index in [2.05, 4.69) is 140 Å². The third kappa shape index (κ3) is 3.37. The molecule has 0 unspecified atom stereocenters. The Hall–Kier alpha value is -3.95. The van der Waals surface area contributed by atoms with Gasteiger partial charge in [0.15, 0.2) is 0 Å². The summed E-state index contributed by atoms with van der Waals surface area (Å²) in [6.45, 7) is 5.12. The number of allylic oxidation sites excluding steroid dienone is 6. The number of nitrogens with zero attached hydrogens (tertiary/aromatic N) is 1. The lowest BCUT2D eigenvalue weighted by Crippen LogP contribution is -2.56. The highest BCUT2D eigenvalue weighted by atomic mass is 32.2. The van der Waals surface area contributed by atoms with Crippen LogP contribution in [0.25, 0.3) is 11.1 Å². The van der Waals surface area contributed by atoms with Crippen LogP contribution in [0.5, 0.6) is 0 Å². The van der Waals surface area contributed by atoms with Crippen molar-refractivity contribution in [2.45, 2.75) is 31.6 Å². The van der Waals surface area contributed by atoms with Gasteiger partial charge in [0.2, 0.25) is 6.71 Å². The highest BCUT2D eigenvalue weighted by Crippen LogP contribution is 2.61. The van der Waals surface area contributed by atoms with Crippen molar-refractivity contribution < 1.29 is 0 Å². The summed E-state index contributed by atoms with van der Waals surface area (Å²) in [4.78, 5) is 5.32. The number of para-hydroxylation sites is 1. The average Bonchev–Trinajstić information content (AvgIpc) is 3.24. The molecule has 0 saturated carbocycles. The fourth-order valence-electron chi connectivity index (χ4n) is 7.35. The fourth-order valence-corrected chi connectivity index (χ4v) is 8.85. The summed E-state index contributed by atoms with van der Waals surface area (Å²) in [5.41, 5.74) is 13.6. The maximum atomic E-state index is 2.51. The second kappa shape index (κ2) is 9.04. The van der Waals surface area contributed by atoms with Crippen molar-refractivity contribution >= 4 is 51.9 Å². The van der Waals surface area contributed by atoms with Gasteiger partial charge in [0, 0.05) is 32.3 Å². The predicted octanol–water partition coefficient (Wildman–Crippen LogP) is 8.53. The molecule has 2 aliphatic heterocycles. The topological polar surface area (TPSA) is 3.24 Å². The van der Waals surface area contributed by atoms with Gasteiger partial charge in [-0.05, 0) is 70.3 Å². The van der Waals surface area contributed by atoms with E-state index >= 15 is 0 Å². The minimum Gasteiger partial charge on any atom is -0.312 e. The standard InChI is InChI=1S/C37H30BNS/c1-37(2)33(26-17-8-4-9-18-26)32(25-15-6-3-7-16-25)35-36(37)38-28-21-12-13-22-29(28)39(27-19-10-5-11-20-27)30-23-14-24-31(40-35)34(30)38/h3-4,6-10,12-24H,5,11H2,1-2H3. The molecule has 0 bridgehead atoms. The molecule has 2 heterocycles. The third-order valence-corrected chi connectivity index (χ3v) is 10.1. The van der Waals surface area contributed by atoms with Gasteiger partial charge >= 0.3 is 0 Å². The van der Waals surface area contributed by atoms with Gasteiger partial charge in [-0.1, -0.05) is 128 Å². The monoisotopic (exact) mass is 531 g/mol. The molecule has 4 aromatic rings. The number of fused-ring (bicyclic) bond motifs is 3. The summed E-state index contributed by atoms with van der Waals surface area (Å²) in [5, 5.41) is 0.